The van der Waals surface area contributed by atoms with E-state index in [1.807, 2.05) is 10.9 Å². The van der Waals surface area contributed by atoms with Crippen molar-refractivity contribution in [3.05, 3.63) is 12.4 Å². The molecule has 14 heavy (non-hydrogen) atoms. The van der Waals surface area contributed by atoms with Crippen LogP contribution in [0.2, 0.25) is 0 Å². The summed E-state index contributed by atoms with van der Waals surface area (Å²) < 4.78 is 2.00. The fourth-order valence-electron chi connectivity index (χ4n) is 2.08. The molecule has 4 heteroatoms. The standard InChI is InChI=1S/C10H18N4/c1-9(2)13-6-3-10(4-7-13)14-8-5-11-12-14/h5,8-10H,3-4,6-7H2,1-2H3. The van der Waals surface area contributed by atoms with E-state index in [0.717, 1.165) is 0 Å². The Morgan fingerprint density at radius 2 is 2.00 bits per heavy atom. The Bertz CT molecular complexity index is 260. The lowest BCUT2D eigenvalue weighted by Gasteiger charge is -2.34. The third-order valence-electron chi connectivity index (χ3n) is 3.04. The molecule has 4 nitrogen and oxygen atoms in total. The molecule has 0 unspecified atom stereocenters. The van der Waals surface area contributed by atoms with Gasteiger partial charge in [-0.3, -0.25) is 0 Å². The first-order valence-corrected chi connectivity index (χ1v) is 5.37. The Hall–Kier alpha value is -0.900. The second kappa shape index (κ2) is 4.09. The summed E-state index contributed by atoms with van der Waals surface area (Å²) in [7, 11) is 0. The molecule has 0 bridgehead atoms. The van der Waals surface area contributed by atoms with Gasteiger partial charge in [-0.2, -0.15) is 0 Å². The predicted octanol–water partition coefficient (Wildman–Crippen LogP) is 1.32. The van der Waals surface area contributed by atoms with Gasteiger partial charge in [-0.1, -0.05) is 5.21 Å². The van der Waals surface area contributed by atoms with Crippen LogP contribution in [-0.2, 0) is 0 Å². The van der Waals surface area contributed by atoms with Gasteiger partial charge in [0, 0.05) is 25.3 Å². The summed E-state index contributed by atoms with van der Waals surface area (Å²) in [5, 5.41) is 7.91. The zero-order chi connectivity index (χ0) is 9.97. The zero-order valence-electron chi connectivity index (χ0n) is 8.93. The van der Waals surface area contributed by atoms with Gasteiger partial charge < -0.3 is 4.90 Å². The van der Waals surface area contributed by atoms with Crippen molar-refractivity contribution in [2.75, 3.05) is 13.1 Å². The van der Waals surface area contributed by atoms with E-state index in [1.165, 1.54) is 25.9 Å². The molecule has 1 aromatic heterocycles. The maximum Gasteiger partial charge on any atom is 0.0693 e. The van der Waals surface area contributed by atoms with Crippen LogP contribution in [0, 0.1) is 0 Å². The maximum absolute atomic E-state index is 4.06. The minimum atomic E-state index is 0.562. The molecule has 1 aliphatic rings. The van der Waals surface area contributed by atoms with Gasteiger partial charge in [-0.15, -0.1) is 5.10 Å². The molecule has 0 amide bonds. The highest BCUT2D eigenvalue weighted by molar-refractivity contribution is 4.79. The molecule has 0 radical (unpaired) electrons. The van der Waals surface area contributed by atoms with Gasteiger partial charge in [0.2, 0.25) is 0 Å². The molecule has 2 heterocycles. The third kappa shape index (κ3) is 1.95. The van der Waals surface area contributed by atoms with Crippen LogP contribution in [0.5, 0.6) is 0 Å². The van der Waals surface area contributed by atoms with Crippen molar-refractivity contribution in [1.82, 2.24) is 19.9 Å². The normalized spacial score (nSPS) is 20.5. The van der Waals surface area contributed by atoms with Crippen molar-refractivity contribution in [1.29, 1.82) is 0 Å². The molecule has 78 valence electrons. The second-order valence-corrected chi connectivity index (χ2v) is 4.24. The molecule has 1 saturated heterocycles. The second-order valence-electron chi connectivity index (χ2n) is 4.24. The van der Waals surface area contributed by atoms with Crippen molar-refractivity contribution >= 4 is 0 Å². The molecule has 0 saturated carbocycles. The first kappa shape index (κ1) is 9.65. The van der Waals surface area contributed by atoms with Crippen LogP contribution >= 0.6 is 0 Å². The van der Waals surface area contributed by atoms with Crippen molar-refractivity contribution in [2.45, 2.75) is 38.8 Å². The Balaban J connectivity index is 1.90. The minimum absolute atomic E-state index is 0.562. The van der Waals surface area contributed by atoms with E-state index in [-0.39, 0.29) is 0 Å². The highest BCUT2D eigenvalue weighted by Gasteiger charge is 2.21. The quantitative estimate of drug-likeness (QED) is 0.712. The minimum Gasteiger partial charge on any atom is -0.301 e. The summed E-state index contributed by atoms with van der Waals surface area (Å²) in [4.78, 5) is 2.52. The molecule has 1 aromatic rings. The molecule has 0 N–H and O–H groups in total. The molecule has 1 aliphatic heterocycles. The van der Waals surface area contributed by atoms with Crippen molar-refractivity contribution in [3.8, 4) is 0 Å². The molecule has 0 aromatic carbocycles. The fraction of sp³-hybridized carbons (Fsp3) is 0.800. The third-order valence-corrected chi connectivity index (χ3v) is 3.04. The lowest BCUT2D eigenvalue weighted by atomic mass is 10.0. The van der Waals surface area contributed by atoms with Crippen LogP contribution in [0.25, 0.3) is 0 Å². The van der Waals surface area contributed by atoms with Crippen LogP contribution < -0.4 is 0 Å². The number of aromatic nitrogens is 3. The van der Waals surface area contributed by atoms with Crippen LogP contribution in [0.1, 0.15) is 32.7 Å². The van der Waals surface area contributed by atoms with Gasteiger partial charge in [0.05, 0.1) is 12.2 Å². The number of hydrogen-bond donors (Lipinski definition) is 0. The molecular formula is C10H18N4. The van der Waals surface area contributed by atoms with Crippen molar-refractivity contribution in [3.63, 3.8) is 0 Å². The van der Waals surface area contributed by atoms with E-state index in [1.54, 1.807) is 6.20 Å². The molecular weight excluding hydrogens is 176 g/mol. The molecule has 0 aliphatic carbocycles. The zero-order valence-corrected chi connectivity index (χ0v) is 8.93. The molecule has 0 atom stereocenters. The monoisotopic (exact) mass is 194 g/mol. The van der Waals surface area contributed by atoms with Crippen LogP contribution in [0.15, 0.2) is 12.4 Å². The highest BCUT2D eigenvalue weighted by atomic mass is 15.4. The lowest BCUT2D eigenvalue weighted by Crippen LogP contribution is -2.39. The number of hydrogen-bond acceptors (Lipinski definition) is 3. The number of nitrogens with zero attached hydrogens (tertiary/aromatic N) is 4. The molecule has 1 fully saturated rings. The topological polar surface area (TPSA) is 34.0 Å². The number of piperidine rings is 1. The Kier molecular flexibility index (Phi) is 2.82. The van der Waals surface area contributed by atoms with Crippen molar-refractivity contribution in [2.24, 2.45) is 0 Å². The summed E-state index contributed by atoms with van der Waals surface area (Å²) in [6.45, 7) is 6.88. The summed E-state index contributed by atoms with van der Waals surface area (Å²) >= 11 is 0. The van der Waals surface area contributed by atoms with Crippen molar-refractivity contribution < 1.29 is 0 Å². The van der Waals surface area contributed by atoms with E-state index in [2.05, 4.69) is 29.1 Å². The first-order chi connectivity index (χ1) is 6.77. The van der Waals surface area contributed by atoms with Gasteiger partial charge in [-0.25, -0.2) is 4.68 Å². The van der Waals surface area contributed by atoms with Crippen LogP contribution in [-0.4, -0.2) is 39.0 Å². The molecule has 0 spiro atoms. The van der Waals surface area contributed by atoms with Gasteiger partial charge in [-0.05, 0) is 26.7 Å². The van der Waals surface area contributed by atoms with Gasteiger partial charge in [0.1, 0.15) is 0 Å². The van der Waals surface area contributed by atoms with Gasteiger partial charge in [0.25, 0.3) is 0 Å². The summed E-state index contributed by atoms with van der Waals surface area (Å²) in [6, 6.07) is 1.24. The van der Waals surface area contributed by atoms with E-state index in [4.69, 9.17) is 0 Å². The van der Waals surface area contributed by atoms with Crippen LogP contribution in [0.4, 0.5) is 0 Å². The van der Waals surface area contributed by atoms with Gasteiger partial charge >= 0.3 is 0 Å². The average Bonchev–Trinajstić information content (AvgIpc) is 2.71. The predicted molar refractivity (Wildman–Crippen MR) is 55.0 cm³/mol. The highest BCUT2D eigenvalue weighted by Crippen LogP contribution is 2.22. The maximum atomic E-state index is 4.06. The molecule has 2 rings (SSSR count). The number of rotatable bonds is 2. The van der Waals surface area contributed by atoms with Crippen LogP contribution in [0.3, 0.4) is 0 Å². The Labute approximate surface area is 84.9 Å². The van der Waals surface area contributed by atoms with E-state index >= 15 is 0 Å². The largest absolute Gasteiger partial charge is 0.301 e. The Morgan fingerprint density at radius 1 is 1.29 bits per heavy atom. The Morgan fingerprint density at radius 3 is 2.50 bits per heavy atom. The SMILES string of the molecule is CC(C)N1CCC(n2ccnn2)CC1. The fourth-order valence-corrected chi connectivity index (χ4v) is 2.08. The average molecular weight is 194 g/mol. The lowest BCUT2D eigenvalue weighted by molar-refractivity contribution is 0.146. The number of likely N-dealkylation sites (tertiary alicyclic amines) is 1. The van der Waals surface area contributed by atoms with E-state index in [0.29, 0.717) is 12.1 Å². The first-order valence-electron chi connectivity index (χ1n) is 5.37. The van der Waals surface area contributed by atoms with E-state index in [9.17, 15) is 0 Å². The van der Waals surface area contributed by atoms with Gasteiger partial charge in [0.15, 0.2) is 0 Å². The summed E-state index contributed by atoms with van der Waals surface area (Å²) in [5.41, 5.74) is 0. The summed E-state index contributed by atoms with van der Waals surface area (Å²) in [6.07, 6.45) is 6.12. The summed E-state index contributed by atoms with van der Waals surface area (Å²) in [5.74, 6) is 0. The van der Waals surface area contributed by atoms with E-state index < -0.39 is 0 Å². The smallest absolute Gasteiger partial charge is 0.0693 e.